The van der Waals surface area contributed by atoms with Crippen LogP contribution in [0.4, 0.5) is 0 Å². The summed E-state index contributed by atoms with van der Waals surface area (Å²) in [5, 5.41) is 1.16. The van der Waals surface area contributed by atoms with Gasteiger partial charge in [-0.1, -0.05) is 12.1 Å². The second kappa shape index (κ2) is 3.36. The monoisotopic (exact) mass is 229 g/mol. The van der Waals surface area contributed by atoms with Gasteiger partial charge in [-0.25, -0.2) is 0 Å². The van der Waals surface area contributed by atoms with Gasteiger partial charge in [-0.05, 0) is 30.5 Å². The highest BCUT2D eigenvalue weighted by Gasteiger charge is 2.53. The highest BCUT2D eigenvalue weighted by Crippen LogP contribution is 2.51. The lowest BCUT2D eigenvalue weighted by Crippen LogP contribution is -2.22. The zero-order valence-electron chi connectivity index (χ0n) is 10.1. The van der Waals surface area contributed by atoms with Crippen molar-refractivity contribution >= 4 is 16.9 Å². The van der Waals surface area contributed by atoms with Gasteiger partial charge in [-0.15, -0.1) is 0 Å². The Hall–Kier alpha value is -1.77. The third-order valence-corrected chi connectivity index (χ3v) is 3.77. The van der Waals surface area contributed by atoms with Crippen molar-refractivity contribution in [3.05, 3.63) is 36.0 Å². The van der Waals surface area contributed by atoms with Gasteiger partial charge in [0.1, 0.15) is 0 Å². The summed E-state index contributed by atoms with van der Waals surface area (Å²) in [6.45, 7) is 0. The molecule has 0 saturated heterocycles. The smallest absolute Gasteiger partial charge is 0.316 e. The Morgan fingerprint density at radius 1 is 1.35 bits per heavy atom. The van der Waals surface area contributed by atoms with Crippen LogP contribution in [0.5, 0.6) is 0 Å². The van der Waals surface area contributed by atoms with Crippen LogP contribution < -0.4 is 0 Å². The van der Waals surface area contributed by atoms with E-state index in [2.05, 4.69) is 16.7 Å². The predicted molar refractivity (Wildman–Crippen MR) is 65.8 cm³/mol. The van der Waals surface area contributed by atoms with E-state index in [0.717, 1.165) is 29.3 Å². The fourth-order valence-corrected chi connectivity index (χ4v) is 2.62. The van der Waals surface area contributed by atoms with Gasteiger partial charge in [-0.2, -0.15) is 0 Å². The Labute approximate surface area is 100.0 Å². The van der Waals surface area contributed by atoms with E-state index in [9.17, 15) is 4.79 Å². The van der Waals surface area contributed by atoms with Crippen LogP contribution in [-0.4, -0.2) is 17.6 Å². The number of methoxy groups -OCH3 is 1. The number of nitrogens with zero attached hydrogens (tertiary/aromatic N) is 1. The van der Waals surface area contributed by atoms with E-state index in [-0.39, 0.29) is 11.4 Å². The number of rotatable bonds is 2. The first-order valence-electron chi connectivity index (χ1n) is 5.82. The summed E-state index contributed by atoms with van der Waals surface area (Å²) in [5.74, 6) is -0.103. The SMILES string of the molecule is COC(=O)C1(c2cccc3c2ccn3C)CC1. The topological polar surface area (TPSA) is 31.2 Å². The molecule has 1 saturated carbocycles. The van der Waals surface area contributed by atoms with Crippen molar-refractivity contribution in [2.75, 3.05) is 7.11 Å². The number of aryl methyl sites for hydroxylation is 1. The normalized spacial score (nSPS) is 17.1. The minimum atomic E-state index is -0.379. The van der Waals surface area contributed by atoms with E-state index >= 15 is 0 Å². The maximum atomic E-state index is 11.9. The number of hydrogen-bond donors (Lipinski definition) is 0. The number of fused-ring (bicyclic) bond motifs is 1. The molecule has 1 fully saturated rings. The van der Waals surface area contributed by atoms with Crippen LogP contribution in [-0.2, 0) is 22.0 Å². The number of benzene rings is 1. The Morgan fingerprint density at radius 3 is 2.76 bits per heavy atom. The van der Waals surface area contributed by atoms with Crippen LogP contribution in [0.2, 0.25) is 0 Å². The fourth-order valence-electron chi connectivity index (χ4n) is 2.62. The molecule has 0 N–H and O–H groups in total. The van der Waals surface area contributed by atoms with Gasteiger partial charge >= 0.3 is 5.97 Å². The molecular formula is C14H15NO2. The van der Waals surface area contributed by atoms with Gasteiger partial charge in [0, 0.05) is 24.1 Å². The van der Waals surface area contributed by atoms with E-state index in [1.807, 2.05) is 25.4 Å². The Balaban J connectivity index is 2.21. The maximum Gasteiger partial charge on any atom is 0.316 e. The molecule has 0 amide bonds. The Morgan fingerprint density at radius 2 is 2.12 bits per heavy atom. The van der Waals surface area contributed by atoms with Crippen LogP contribution in [0.15, 0.2) is 30.5 Å². The molecule has 1 aromatic carbocycles. The van der Waals surface area contributed by atoms with E-state index in [1.165, 1.54) is 7.11 Å². The zero-order valence-corrected chi connectivity index (χ0v) is 10.1. The van der Waals surface area contributed by atoms with E-state index in [0.29, 0.717) is 0 Å². The van der Waals surface area contributed by atoms with Gasteiger partial charge in [0.15, 0.2) is 0 Å². The highest BCUT2D eigenvalue weighted by atomic mass is 16.5. The number of carbonyl (C=O) groups is 1. The van der Waals surface area contributed by atoms with Gasteiger partial charge < -0.3 is 9.30 Å². The molecule has 1 heterocycles. The fraction of sp³-hybridized carbons (Fsp3) is 0.357. The van der Waals surface area contributed by atoms with Crippen molar-refractivity contribution in [1.82, 2.24) is 4.57 Å². The lowest BCUT2D eigenvalue weighted by molar-refractivity contribution is -0.143. The van der Waals surface area contributed by atoms with Crippen molar-refractivity contribution < 1.29 is 9.53 Å². The van der Waals surface area contributed by atoms with Crippen LogP contribution in [0.25, 0.3) is 10.9 Å². The standard InChI is InChI=1S/C14H15NO2/c1-15-9-6-10-11(4-3-5-12(10)15)14(7-8-14)13(16)17-2/h3-6,9H,7-8H2,1-2H3. The number of hydrogen-bond acceptors (Lipinski definition) is 2. The number of ether oxygens (including phenoxy) is 1. The average Bonchev–Trinajstić information content (AvgIpc) is 3.08. The first-order valence-corrected chi connectivity index (χ1v) is 5.82. The van der Waals surface area contributed by atoms with Gasteiger partial charge in [-0.3, -0.25) is 4.79 Å². The lowest BCUT2D eigenvalue weighted by Gasteiger charge is -2.14. The molecule has 1 aliphatic rings. The van der Waals surface area contributed by atoms with Crippen molar-refractivity contribution in [2.24, 2.45) is 7.05 Å². The van der Waals surface area contributed by atoms with E-state index in [4.69, 9.17) is 4.74 Å². The van der Waals surface area contributed by atoms with E-state index < -0.39 is 0 Å². The predicted octanol–water partition coefficient (Wildman–Crippen LogP) is 2.38. The lowest BCUT2D eigenvalue weighted by atomic mass is 9.93. The summed E-state index contributed by atoms with van der Waals surface area (Å²) < 4.78 is 7.02. The van der Waals surface area contributed by atoms with Crippen LogP contribution >= 0.6 is 0 Å². The summed E-state index contributed by atoms with van der Waals surface area (Å²) in [6.07, 6.45) is 3.82. The molecule has 1 aromatic heterocycles. The van der Waals surface area contributed by atoms with Crippen LogP contribution in [0, 0.1) is 0 Å². The second-order valence-corrected chi connectivity index (χ2v) is 4.74. The molecule has 3 rings (SSSR count). The molecule has 0 atom stereocenters. The van der Waals surface area contributed by atoms with Crippen LogP contribution in [0.3, 0.4) is 0 Å². The number of aromatic nitrogens is 1. The highest BCUT2D eigenvalue weighted by molar-refractivity contribution is 5.95. The van der Waals surface area contributed by atoms with Crippen molar-refractivity contribution in [2.45, 2.75) is 18.3 Å². The van der Waals surface area contributed by atoms with Crippen LogP contribution in [0.1, 0.15) is 18.4 Å². The molecule has 88 valence electrons. The Kier molecular flexibility index (Phi) is 2.05. The van der Waals surface area contributed by atoms with Crippen molar-refractivity contribution in [3.63, 3.8) is 0 Å². The first kappa shape index (κ1) is 10.4. The minimum absolute atomic E-state index is 0.103. The van der Waals surface area contributed by atoms with Gasteiger partial charge in [0.05, 0.1) is 12.5 Å². The summed E-state index contributed by atoms with van der Waals surface area (Å²) >= 11 is 0. The molecule has 0 aliphatic heterocycles. The molecule has 0 unspecified atom stereocenters. The summed E-state index contributed by atoms with van der Waals surface area (Å²) in [6, 6.07) is 8.22. The molecule has 0 radical (unpaired) electrons. The summed E-state index contributed by atoms with van der Waals surface area (Å²) in [4.78, 5) is 11.9. The second-order valence-electron chi connectivity index (χ2n) is 4.74. The molecule has 3 nitrogen and oxygen atoms in total. The molecule has 0 spiro atoms. The maximum absolute atomic E-state index is 11.9. The molecule has 0 bridgehead atoms. The largest absolute Gasteiger partial charge is 0.468 e. The zero-order chi connectivity index (χ0) is 12.0. The summed E-state index contributed by atoms with van der Waals surface area (Å²) in [7, 11) is 3.48. The minimum Gasteiger partial charge on any atom is -0.468 e. The van der Waals surface area contributed by atoms with Gasteiger partial charge in [0.2, 0.25) is 0 Å². The average molecular weight is 229 g/mol. The number of carbonyl (C=O) groups excluding carboxylic acids is 1. The first-order chi connectivity index (χ1) is 8.19. The molecule has 2 aromatic rings. The van der Waals surface area contributed by atoms with Crippen molar-refractivity contribution in [1.29, 1.82) is 0 Å². The third kappa shape index (κ3) is 1.32. The molecule has 17 heavy (non-hydrogen) atoms. The van der Waals surface area contributed by atoms with E-state index in [1.54, 1.807) is 0 Å². The third-order valence-electron chi connectivity index (χ3n) is 3.77. The Bertz CT molecular complexity index is 593. The molecule has 1 aliphatic carbocycles. The summed E-state index contributed by atoms with van der Waals surface area (Å²) in [5.41, 5.74) is 1.90. The molecular weight excluding hydrogens is 214 g/mol. The number of esters is 1. The van der Waals surface area contributed by atoms with Crippen molar-refractivity contribution in [3.8, 4) is 0 Å². The quantitative estimate of drug-likeness (QED) is 0.740. The molecule has 3 heteroatoms. The van der Waals surface area contributed by atoms with Gasteiger partial charge in [0.25, 0.3) is 0 Å².